The molecule has 0 heterocycles. The van der Waals surface area contributed by atoms with Gasteiger partial charge in [-0.3, -0.25) is 10.1 Å². The first-order valence-corrected chi connectivity index (χ1v) is 8.01. The number of carboxylic acids is 1. The lowest BCUT2D eigenvalue weighted by atomic mass is 10.1. The maximum Gasteiger partial charge on any atom is 0.338 e. The highest BCUT2D eigenvalue weighted by Gasteiger charge is 2.33. The van der Waals surface area contributed by atoms with Crippen LogP contribution in [-0.4, -0.2) is 33.5 Å². The Morgan fingerprint density at radius 3 is 2.67 bits per heavy atom. The number of carboxylic acid groups (broad SMARTS) is 1. The van der Waals surface area contributed by atoms with Gasteiger partial charge in [0.1, 0.15) is 0 Å². The predicted molar refractivity (Wildman–Crippen MR) is 83.3 cm³/mol. The SMILES string of the molecule is CSC1(CNc2ccc([N+](=O)[O-])cc2C(=O)O)CCCC1. The van der Waals surface area contributed by atoms with Crippen molar-refractivity contribution in [2.24, 2.45) is 0 Å². The molecule has 0 amide bonds. The van der Waals surface area contributed by atoms with E-state index in [1.807, 2.05) is 0 Å². The van der Waals surface area contributed by atoms with Gasteiger partial charge in [-0.1, -0.05) is 12.8 Å². The summed E-state index contributed by atoms with van der Waals surface area (Å²) < 4.78 is 0.136. The smallest absolute Gasteiger partial charge is 0.338 e. The van der Waals surface area contributed by atoms with Gasteiger partial charge in [-0.2, -0.15) is 11.8 Å². The van der Waals surface area contributed by atoms with E-state index in [-0.39, 0.29) is 16.0 Å². The Bertz CT molecular complexity index is 556. The fourth-order valence-electron chi connectivity index (χ4n) is 2.71. The molecular formula is C14H18N2O4S. The first-order chi connectivity index (χ1) is 9.97. The summed E-state index contributed by atoms with van der Waals surface area (Å²) in [5.74, 6) is -1.16. The van der Waals surface area contributed by atoms with E-state index in [2.05, 4.69) is 11.6 Å². The fraction of sp³-hybridized carbons (Fsp3) is 0.500. The Morgan fingerprint density at radius 2 is 2.14 bits per heavy atom. The molecule has 0 unspecified atom stereocenters. The fourth-order valence-corrected chi connectivity index (χ4v) is 3.62. The van der Waals surface area contributed by atoms with E-state index in [0.29, 0.717) is 12.2 Å². The van der Waals surface area contributed by atoms with Gasteiger partial charge in [-0.05, 0) is 25.2 Å². The molecular weight excluding hydrogens is 292 g/mol. The van der Waals surface area contributed by atoms with Gasteiger partial charge in [0, 0.05) is 29.1 Å². The van der Waals surface area contributed by atoms with Crippen molar-refractivity contribution >= 4 is 29.1 Å². The lowest BCUT2D eigenvalue weighted by molar-refractivity contribution is -0.384. The number of thioether (sulfide) groups is 1. The number of nitrogens with one attached hydrogen (secondary N) is 1. The van der Waals surface area contributed by atoms with E-state index in [9.17, 15) is 20.0 Å². The molecule has 2 N–H and O–H groups in total. The van der Waals surface area contributed by atoms with Gasteiger partial charge in [0.25, 0.3) is 5.69 Å². The van der Waals surface area contributed by atoms with Gasteiger partial charge in [-0.15, -0.1) is 0 Å². The highest BCUT2D eigenvalue weighted by atomic mass is 32.2. The average Bonchev–Trinajstić information content (AvgIpc) is 2.94. The summed E-state index contributed by atoms with van der Waals surface area (Å²) in [6.45, 7) is 0.673. The molecule has 0 aromatic heterocycles. The van der Waals surface area contributed by atoms with Crippen LogP contribution in [0.1, 0.15) is 36.0 Å². The molecule has 1 aromatic rings. The second-order valence-electron chi connectivity index (χ2n) is 5.24. The van der Waals surface area contributed by atoms with E-state index in [0.717, 1.165) is 18.9 Å². The maximum absolute atomic E-state index is 11.3. The van der Waals surface area contributed by atoms with Gasteiger partial charge < -0.3 is 10.4 Å². The van der Waals surface area contributed by atoms with Crippen molar-refractivity contribution in [3.63, 3.8) is 0 Å². The number of non-ortho nitro benzene ring substituents is 1. The standard InChI is InChI=1S/C14H18N2O4S/c1-21-14(6-2-3-7-14)9-15-12-5-4-10(16(19)20)8-11(12)13(17)18/h4-5,8,15H,2-3,6-7,9H2,1H3,(H,17,18). The third-order valence-electron chi connectivity index (χ3n) is 3.99. The molecule has 0 bridgehead atoms. The van der Waals surface area contributed by atoms with Gasteiger partial charge >= 0.3 is 5.97 Å². The minimum absolute atomic E-state index is 0.0570. The van der Waals surface area contributed by atoms with Crippen molar-refractivity contribution in [3.8, 4) is 0 Å². The monoisotopic (exact) mass is 310 g/mol. The number of carbonyl (C=O) groups is 1. The number of hydrogen-bond acceptors (Lipinski definition) is 5. The van der Waals surface area contributed by atoms with Crippen LogP contribution >= 0.6 is 11.8 Å². The number of nitro benzene ring substituents is 1. The van der Waals surface area contributed by atoms with Crippen LogP contribution in [0.2, 0.25) is 0 Å². The molecule has 114 valence electrons. The van der Waals surface area contributed by atoms with E-state index in [1.54, 1.807) is 11.8 Å². The molecule has 1 saturated carbocycles. The molecule has 0 radical (unpaired) electrons. The van der Waals surface area contributed by atoms with E-state index in [1.165, 1.54) is 25.0 Å². The summed E-state index contributed by atoms with van der Waals surface area (Å²) in [4.78, 5) is 21.4. The molecule has 6 nitrogen and oxygen atoms in total. The minimum Gasteiger partial charge on any atom is -0.478 e. The number of anilines is 1. The van der Waals surface area contributed by atoms with Crippen molar-refractivity contribution in [2.45, 2.75) is 30.4 Å². The quantitative estimate of drug-likeness (QED) is 0.618. The third kappa shape index (κ3) is 3.47. The highest BCUT2D eigenvalue weighted by molar-refractivity contribution is 8.00. The first-order valence-electron chi connectivity index (χ1n) is 6.78. The van der Waals surface area contributed by atoms with Crippen molar-refractivity contribution in [1.82, 2.24) is 0 Å². The van der Waals surface area contributed by atoms with Crippen LogP contribution in [0.3, 0.4) is 0 Å². The molecule has 1 aliphatic rings. The summed E-state index contributed by atoms with van der Waals surface area (Å²) >= 11 is 1.80. The number of nitro groups is 1. The zero-order chi connectivity index (χ0) is 15.5. The molecule has 7 heteroatoms. The van der Waals surface area contributed by atoms with Crippen molar-refractivity contribution < 1.29 is 14.8 Å². The Morgan fingerprint density at radius 1 is 1.48 bits per heavy atom. The molecule has 1 aliphatic carbocycles. The molecule has 1 aromatic carbocycles. The summed E-state index contributed by atoms with van der Waals surface area (Å²) in [5, 5.41) is 23.1. The van der Waals surface area contributed by atoms with E-state index >= 15 is 0 Å². The molecule has 0 aliphatic heterocycles. The van der Waals surface area contributed by atoms with E-state index < -0.39 is 10.9 Å². The van der Waals surface area contributed by atoms with Crippen LogP contribution in [-0.2, 0) is 0 Å². The number of rotatable bonds is 6. The molecule has 2 rings (SSSR count). The molecule has 0 atom stereocenters. The molecule has 1 fully saturated rings. The summed E-state index contributed by atoms with van der Waals surface area (Å²) in [7, 11) is 0. The number of benzene rings is 1. The van der Waals surface area contributed by atoms with Crippen molar-refractivity contribution in [2.75, 3.05) is 18.1 Å². The van der Waals surface area contributed by atoms with Crippen LogP contribution in [0.15, 0.2) is 18.2 Å². The second kappa shape index (κ2) is 6.34. The van der Waals surface area contributed by atoms with Crippen LogP contribution < -0.4 is 5.32 Å². The second-order valence-corrected chi connectivity index (χ2v) is 6.51. The van der Waals surface area contributed by atoms with Gasteiger partial charge in [0.15, 0.2) is 0 Å². The zero-order valence-electron chi connectivity index (χ0n) is 11.8. The number of aromatic carboxylic acids is 1. The zero-order valence-corrected chi connectivity index (χ0v) is 12.6. The van der Waals surface area contributed by atoms with Crippen LogP contribution in [0.4, 0.5) is 11.4 Å². The summed E-state index contributed by atoms with van der Waals surface area (Å²) in [6.07, 6.45) is 6.66. The van der Waals surface area contributed by atoms with Gasteiger partial charge in [0.2, 0.25) is 0 Å². The highest BCUT2D eigenvalue weighted by Crippen LogP contribution is 2.40. The third-order valence-corrected chi connectivity index (χ3v) is 5.41. The van der Waals surface area contributed by atoms with Crippen molar-refractivity contribution in [3.05, 3.63) is 33.9 Å². The minimum atomic E-state index is -1.16. The lowest BCUT2D eigenvalue weighted by Gasteiger charge is -2.27. The maximum atomic E-state index is 11.3. The Labute approximate surface area is 127 Å². The normalized spacial score (nSPS) is 16.6. The number of nitrogens with zero attached hydrogens (tertiary/aromatic N) is 1. The predicted octanol–water partition coefficient (Wildman–Crippen LogP) is 3.38. The first kappa shape index (κ1) is 15.6. The molecule has 0 spiro atoms. The topological polar surface area (TPSA) is 92.5 Å². The Kier molecular flexibility index (Phi) is 4.72. The van der Waals surface area contributed by atoms with Crippen LogP contribution in [0.5, 0.6) is 0 Å². The Balaban J connectivity index is 2.19. The molecule has 0 saturated heterocycles. The van der Waals surface area contributed by atoms with Crippen molar-refractivity contribution in [1.29, 1.82) is 0 Å². The summed E-state index contributed by atoms with van der Waals surface area (Å²) in [5.41, 5.74) is 0.172. The largest absolute Gasteiger partial charge is 0.478 e. The lowest BCUT2D eigenvalue weighted by Crippen LogP contribution is -2.30. The van der Waals surface area contributed by atoms with Crippen LogP contribution in [0.25, 0.3) is 0 Å². The number of hydrogen-bond donors (Lipinski definition) is 2. The van der Waals surface area contributed by atoms with E-state index in [4.69, 9.17) is 0 Å². The van der Waals surface area contributed by atoms with Gasteiger partial charge in [0.05, 0.1) is 10.5 Å². The average molecular weight is 310 g/mol. The van der Waals surface area contributed by atoms with Gasteiger partial charge in [-0.25, -0.2) is 4.79 Å². The summed E-state index contributed by atoms with van der Waals surface area (Å²) in [6, 6.07) is 3.91. The molecule has 21 heavy (non-hydrogen) atoms. The van der Waals surface area contributed by atoms with Crippen LogP contribution in [0, 0.1) is 10.1 Å². The Hall–Kier alpha value is -1.76.